The lowest BCUT2D eigenvalue weighted by Gasteiger charge is -2.25. The van der Waals surface area contributed by atoms with Crippen LogP contribution >= 0.6 is 0 Å². The van der Waals surface area contributed by atoms with Crippen LogP contribution in [0.1, 0.15) is 115 Å². The Morgan fingerprint density at radius 1 is 0.677 bits per heavy atom. The predicted molar refractivity (Wildman–Crippen MR) is 136 cm³/mol. The van der Waals surface area contributed by atoms with Gasteiger partial charge >= 0.3 is 0 Å². The molecule has 2 rings (SSSR count). The second-order valence-electron chi connectivity index (χ2n) is 9.93. The molecule has 0 atom stereocenters. The van der Waals surface area contributed by atoms with Gasteiger partial charge in [0.15, 0.2) is 0 Å². The summed E-state index contributed by atoms with van der Waals surface area (Å²) in [6.45, 7) is 22.1. The highest BCUT2D eigenvalue weighted by Crippen LogP contribution is 2.38. The molecule has 0 aliphatic heterocycles. The molecule has 0 aliphatic rings. The van der Waals surface area contributed by atoms with E-state index in [1.165, 1.54) is 27.8 Å². The van der Waals surface area contributed by atoms with Crippen molar-refractivity contribution >= 4 is 11.4 Å². The molecule has 0 aliphatic carbocycles. The summed E-state index contributed by atoms with van der Waals surface area (Å²) in [5, 5.41) is 11.7. The summed E-state index contributed by atoms with van der Waals surface area (Å²) < 4.78 is 0. The molecule has 168 valence electrons. The van der Waals surface area contributed by atoms with Crippen LogP contribution in [0.2, 0.25) is 0 Å². The fourth-order valence-corrected chi connectivity index (χ4v) is 3.88. The molecule has 0 fully saturated rings. The average molecular weight is 420 g/mol. The van der Waals surface area contributed by atoms with Gasteiger partial charge in [0.2, 0.25) is 0 Å². The van der Waals surface area contributed by atoms with Gasteiger partial charge in [-0.05, 0) is 59.8 Å². The van der Waals surface area contributed by atoms with Gasteiger partial charge in [0.05, 0.1) is 11.4 Å². The van der Waals surface area contributed by atoms with Crippen molar-refractivity contribution in [3.63, 3.8) is 0 Å². The van der Waals surface area contributed by atoms with Crippen molar-refractivity contribution in [3.05, 3.63) is 70.4 Å². The van der Waals surface area contributed by atoms with E-state index in [1.807, 2.05) is 5.01 Å². The smallest absolute Gasteiger partial charge is 0.0943 e. The molecule has 0 saturated heterocycles. The maximum Gasteiger partial charge on any atom is 0.0943 e. The molecule has 0 spiro atoms. The third-order valence-corrected chi connectivity index (χ3v) is 5.54. The normalized spacial score (nSPS) is 11.9. The maximum atomic E-state index is 4.89. The number of hydrogen-bond donors (Lipinski definition) is 0. The molecule has 0 amide bonds. The standard InChI is InChI=1S/C28H41N3/c1-18(2)17-31(28-25(21(7)8)15-12-16-26(28)22(9)10)30-29-27-23(19(3)4)13-11-14-24(27)20(5)6/h11-17,19-22H,1-10H3/b30-29+. The summed E-state index contributed by atoms with van der Waals surface area (Å²) in [5.41, 5.74) is 8.43. The first-order valence-corrected chi connectivity index (χ1v) is 11.7. The van der Waals surface area contributed by atoms with Gasteiger partial charge in [0, 0.05) is 6.20 Å². The predicted octanol–water partition coefficient (Wildman–Crippen LogP) is 9.61. The lowest BCUT2D eigenvalue weighted by molar-refractivity contribution is 0.801. The Balaban J connectivity index is 2.74. The Morgan fingerprint density at radius 2 is 1.06 bits per heavy atom. The lowest BCUT2D eigenvalue weighted by Crippen LogP contribution is -2.14. The van der Waals surface area contributed by atoms with Crippen molar-refractivity contribution in [2.75, 3.05) is 5.01 Å². The minimum atomic E-state index is 0.388. The first-order valence-electron chi connectivity index (χ1n) is 11.7. The van der Waals surface area contributed by atoms with Crippen molar-refractivity contribution < 1.29 is 0 Å². The van der Waals surface area contributed by atoms with Gasteiger partial charge in [-0.15, -0.1) is 5.11 Å². The van der Waals surface area contributed by atoms with E-state index in [0.717, 1.165) is 11.4 Å². The first-order chi connectivity index (χ1) is 14.5. The lowest BCUT2D eigenvalue weighted by atomic mass is 9.92. The summed E-state index contributed by atoms with van der Waals surface area (Å²) in [4.78, 5) is 0. The molecule has 2 aromatic rings. The van der Waals surface area contributed by atoms with Crippen LogP contribution in [0.15, 0.2) is 58.5 Å². The quantitative estimate of drug-likeness (QED) is 0.309. The maximum absolute atomic E-state index is 4.89. The van der Waals surface area contributed by atoms with Crippen LogP contribution in [-0.4, -0.2) is 0 Å². The fourth-order valence-electron chi connectivity index (χ4n) is 3.88. The number of anilines is 1. The van der Waals surface area contributed by atoms with E-state index in [1.54, 1.807) is 0 Å². The van der Waals surface area contributed by atoms with Gasteiger partial charge in [-0.2, -0.15) is 0 Å². The first kappa shape index (κ1) is 24.8. The third-order valence-electron chi connectivity index (χ3n) is 5.54. The average Bonchev–Trinajstić information content (AvgIpc) is 2.69. The van der Waals surface area contributed by atoms with E-state index in [-0.39, 0.29) is 0 Å². The molecule has 0 aromatic heterocycles. The van der Waals surface area contributed by atoms with Gasteiger partial charge in [-0.1, -0.05) is 103 Å². The van der Waals surface area contributed by atoms with Crippen molar-refractivity contribution in [1.82, 2.24) is 0 Å². The van der Waals surface area contributed by atoms with Crippen molar-refractivity contribution in [3.8, 4) is 0 Å². The molecule has 0 radical (unpaired) electrons. The zero-order valence-corrected chi connectivity index (χ0v) is 21.2. The molecule has 0 saturated carbocycles. The zero-order valence-electron chi connectivity index (χ0n) is 21.2. The van der Waals surface area contributed by atoms with Crippen molar-refractivity contribution in [2.24, 2.45) is 10.3 Å². The number of para-hydroxylation sites is 1. The van der Waals surface area contributed by atoms with Crippen LogP contribution in [0, 0.1) is 0 Å². The summed E-state index contributed by atoms with van der Waals surface area (Å²) in [5.74, 6) is 1.56. The Hall–Kier alpha value is -2.42. The number of rotatable bonds is 8. The summed E-state index contributed by atoms with van der Waals surface area (Å²) in [7, 11) is 0. The number of hydrogen-bond acceptors (Lipinski definition) is 2. The highest BCUT2D eigenvalue weighted by Gasteiger charge is 2.19. The SMILES string of the molecule is CC(C)=CN(/N=N/c1c(C(C)C)cccc1C(C)C)c1c(C(C)C)cccc1C(C)C. The number of allylic oxidation sites excluding steroid dienone is 1. The third kappa shape index (κ3) is 6.06. The van der Waals surface area contributed by atoms with Gasteiger partial charge in [-0.3, -0.25) is 0 Å². The summed E-state index contributed by atoms with van der Waals surface area (Å²) in [6.07, 6.45) is 2.10. The zero-order chi connectivity index (χ0) is 23.3. The Bertz CT molecular complexity index is 877. The van der Waals surface area contributed by atoms with E-state index in [0.29, 0.717) is 23.7 Å². The Labute approximate surface area is 190 Å². The number of nitrogens with zero attached hydrogens (tertiary/aromatic N) is 3. The topological polar surface area (TPSA) is 28.0 Å². The van der Waals surface area contributed by atoms with Crippen LogP contribution < -0.4 is 5.01 Å². The molecular weight excluding hydrogens is 378 g/mol. The van der Waals surface area contributed by atoms with Crippen LogP contribution in [0.4, 0.5) is 11.4 Å². The largest absolute Gasteiger partial charge is 0.222 e. The van der Waals surface area contributed by atoms with E-state index >= 15 is 0 Å². The number of benzene rings is 2. The summed E-state index contributed by atoms with van der Waals surface area (Å²) >= 11 is 0. The van der Waals surface area contributed by atoms with E-state index < -0.39 is 0 Å². The fraction of sp³-hybridized carbons (Fsp3) is 0.500. The summed E-state index contributed by atoms with van der Waals surface area (Å²) in [6, 6.07) is 13.1. The van der Waals surface area contributed by atoms with Crippen LogP contribution in [0.25, 0.3) is 0 Å². The molecule has 0 bridgehead atoms. The van der Waals surface area contributed by atoms with Crippen molar-refractivity contribution in [2.45, 2.75) is 92.9 Å². The van der Waals surface area contributed by atoms with Gasteiger partial charge in [0.1, 0.15) is 0 Å². The van der Waals surface area contributed by atoms with Gasteiger partial charge < -0.3 is 0 Å². The van der Waals surface area contributed by atoms with E-state index in [2.05, 4.69) is 112 Å². The minimum absolute atomic E-state index is 0.388. The molecule has 3 heteroatoms. The molecule has 0 heterocycles. The highest BCUT2D eigenvalue weighted by molar-refractivity contribution is 5.63. The van der Waals surface area contributed by atoms with Gasteiger partial charge in [0.25, 0.3) is 0 Å². The molecular formula is C28H41N3. The van der Waals surface area contributed by atoms with Crippen molar-refractivity contribution in [1.29, 1.82) is 0 Å². The van der Waals surface area contributed by atoms with E-state index in [9.17, 15) is 0 Å². The minimum Gasteiger partial charge on any atom is -0.222 e. The second kappa shape index (κ2) is 10.7. The molecule has 31 heavy (non-hydrogen) atoms. The van der Waals surface area contributed by atoms with Gasteiger partial charge in [-0.25, -0.2) is 5.01 Å². The molecule has 2 aromatic carbocycles. The Kier molecular flexibility index (Phi) is 8.61. The molecule has 0 N–H and O–H groups in total. The molecule has 0 unspecified atom stereocenters. The highest BCUT2D eigenvalue weighted by atomic mass is 15.5. The van der Waals surface area contributed by atoms with E-state index in [4.69, 9.17) is 10.3 Å². The molecule has 3 nitrogen and oxygen atoms in total. The monoisotopic (exact) mass is 419 g/mol. The van der Waals surface area contributed by atoms with Crippen LogP contribution in [0.5, 0.6) is 0 Å². The van der Waals surface area contributed by atoms with Crippen LogP contribution in [0.3, 0.4) is 0 Å². The van der Waals surface area contributed by atoms with Crippen LogP contribution in [-0.2, 0) is 0 Å². The second-order valence-corrected chi connectivity index (χ2v) is 9.93. The Morgan fingerprint density at radius 3 is 1.42 bits per heavy atom.